The first-order valence-corrected chi connectivity index (χ1v) is 7.05. The Hall–Kier alpha value is -0.0400. The monoisotopic (exact) mass is 211 g/mol. The van der Waals surface area contributed by atoms with Gasteiger partial charge in [-0.2, -0.15) is 0 Å². The predicted molar refractivity (Wildman–Crippen MR) is 68.1 cm³/mol. The zero-order chi connectivity index (χ0) is 11.1. The topological polar surface area (TPSA) is 12.0 Å². The number of hydrogen-bond donors (Lipinski definition) is 1. The molecule has 90 valence electrons. The lowest BCUT2D eigenvalue weighted by Crippen LogP contribution is -2.37. The van der Waals surface area contributed by atoms with Crippen LogP contribution in [0.3, 0.4) is 0 Å². The molecule has 0 aromatic heterocycles. The molecule has 1 heteroatoms. The van der Waals surface area contributed by atoms with Crippen LogP contribution < -0.4 is 5.32 Å². The van der Waals surface area contributed by atoms with E-state index in [1.54, 1.807) is 0 Å². The molecule has 0 aromatic carbocycles. The third kappa shape index (κ3) is 4.14. The summed E-state index contributed by atoms with van der Waals surface area (Å²) in [6.45, 7) is 8.05. The van der Waals surface area contributed by atoms with E-state index < -0.39 is 0 Å². The molecule has 1 aliphatic carbocycles. The van der Waals surface area contributed by atoms with Crippen LogP contribution in [0.4, 0.5) is 0 Å². The van der Waals surface area contributed by atoms with Crippen molar-refractivity contribution >= 4 is 0 Å². The minimum absolute atomic E-state index is 0.785. The van der Waals surface area contributed by atoms with Crippen LogP contribution in [0.15, 0.2) is 0 Å². The predicted octanol–water partition coefficient (Wildman–Crippen LogP) is 3.98. The maximum atomic E-state index is 3.71. The molecule has 1 fully saturated rings. The minimum atomic E-state index is 0.785. The van der Waals surface area contributed by atoms with Gasteiger partial charge in [0.25, 0.3) is 0 Å². The van der Waals surface area contributed by atoms with E-state index in [4.69, 9.17) is 0 Å². The smallest absolute Gasteiger partial charge is 0.00976 e. The summed E-state index contributed by atoms with van der Waals surface area (Å²) in [7, 11) is 0. The summed E-state index contributed by atoms with van der Waals surface area (Å²) in [6.07, 6.45) is 10.0. The SMILES string of the molecule is CCNC(CC1CCCC1)C(CC)CC. The zero-order valence-electron chi connectivity index (χ0n) is 10.9. The van der Waals surface area contributed by atoms with Crippen molar-refractivity contribution in [1.29, 1.82) is 0 Å². The maximum absolute atomic E-state index is 3.71. The van der Waals surface area contributed by atoms with Gasteiger partial charge in [0.15, 0.2) is 0 Å². The Morgan fingerprint density at radius 3 is 2.13 bits per heavy atom. The molecule has 0 radical (unpaired) electrons. The van der Waals surface area contributed by atoms with Crippen LogP contribution in [-0.2, 0) is 0 Å². The quantitative estimate of drug-likeness (QED) is 0.671. The third-order valence-corrected chi connectivity index (χ3v) is 4.15. The van der Waals surface area contributed by atoms with Crippen molar-refractivity contribution in [3.63, 3.8) is 0 Å². The highest BCUT2D eigenvalue weighted by molar-refractivity contribution is 4.80. The molecule has 1 N–H and O–H groups in total. The third-order valence-electron chi connectivity index (χ3n) is 4.15. The maximum Gasteiger partial charge on any atom is 0.00976 e. The lowest BCUT2D eigenvalue weighted by atomic mass is 9.86. The number of nitrogens with one attached hydrogen (secondary N) is 1. The van der Waals surface area contributed by atoms with Gasteiger partial charge in [0, 0.05) is 6.04 Å². The van der Waals surface area contributed by atoms with E-state index in [1.165, 1.54) is 44.9 Å². The van der Waals surface area contributed by atoms with Crippen LogP contribution >= 0.6 is 0 Å². The molecule has 15 heavy (non-hydrogen) atoms. The van der Waals surface area contributed by atoms with Crippen LogP contribution in [0.5, 0.6) is 0 Å². The summed E-state index contributed by atoms with van der Waals surface area (Å²) >= 11 is 0. The molecule has 1 rings (SSSR count). The van der Waals surface area contributed by atoms with E-state index in [0.717, 1.165) is 24.4 Å². The van der Waals surface area contributed by atoms with Crippen molar-refractivity contribution in [3.05, 3.63) is 0 Å². The standard InChI is InChI=1S/C14H29N/c1-4-13(5-2)14(15-6-3)11-12-9-7-8-10-12/h12-15H,4-11H2,1-3H3. The van der Waals surface area contributed by atoms with Crippen LogP contribution in [0.25, 0.3) is 0 Å². The fourth-order valence-electron chi connectivity index (χ4n) is 3.17. The molecule has 1 saturated carbocycles. The van der Waals surface area contributed by atoms with Gasteiger partial charge in [0.2, 0.25) is 0 Å². The molecule has 1 atom stereocenters. The number of hydrogen-bond acceptors (Lipinski definition) is 1. The fraction of sp³-hybridized carbons (Fsp3) is 1.00. The second kappa shape index (κ2) is 7.27. The summed E-state index contributed by atoms with van der Waals surface area (Å²) < 4.78 is 0. The molecule has 0 aliphatic heterocycles. The van der Waals surface area contributed by atoms with Crippen LogP contribution in [0, 0.1) is 11.8 Å². The molecule has 0 bridgehead atoms. The highest BCUT2D eigenvalue weighted by Gasteiger charge is 2.23. The minimum Gasteiger partial charge on any atom is -0.314 e. The summed E-state index contributed by atoms with van der Waals surface area (Å²) in [5.41, 5.74) is 0. The average Bonchev–Trinajstić information content (AvgIpc) is 2.72. The lowest BCUT2D eigenvalue weighted by Gasteiger charge is -2.28. The van der Waals surface area contributed by atoms with E-state index in [1.807, 2.05) is 0 Å². The first-order chi connectivity index (χ1) is 7.31. The average molecular weight is 211 g/mol. The van der Waals surface area contributed by atoms with Crippen molar-refractivity contribution in [2.24, 2.45) is 11.8 Å². The molecule has 1 aliphatic rings. The van der Waals surface area contributed by atoms with Gasteiger partial charge < -0.3 is 5.32 Å². The Morgan fingerprint density at radius 1 is 1.07 bits per heavy atom. The Kier molecular flexibility index (Phi) is 6.31. The summed E-state index contributed by atoms with van der Waals surface area (Å²) in [4.78, 5) is 0. The Balaban J connectivity index is 2.40. The highest BCUT2D eigenvalue weighted by atomic mass is 14.9. The first kappa shape index (κ1) is 13.0. The van der Waals surface area contributed by atoms with E-state index in [0.29, 0.717) is 0 Å². The van der Waals surface area contributed by atoms with Crippen LogP contribution in [0.2, 0.25) is 0 Å². The normalized spacial score (nSPS) is 20.0. The second-order valence-corrected chi connectivity index (χ2v) is 5.13. The molecule has 0 heterocycles. The molecule has 0 amide bonds. The largest absolute Gasteiger partial charge is 0.314 e. The van der Waals surface area contributed by atoms with Crippen LogP contribution in [-0.4, -0.2) is 12.6 Å². The highest BCUT2D eigenvalue weighted by Crippen LogP contribution is 2.31. The first-order valence-electron chi connectivity index (χ1n) is 7.05. The Morgan fingerprint density at radius 2 is 1.67 bits per heavy atom. The van der Waals surface area contributed by atoms with E-state index in [9.17, 15) is 0 Å². The van der Waals surface area contributed by atoms with Gasteiger partial charge in [0.05, 0.1) is 0 Å². The Labute approximate surface area is 96.0 Å². The van der Waals surface area contributed by atoms with Crippen molar-refractivity contribution in [1.82, 2.24) is 5.32 Å². The van der Waals surface area contributed by atoms with E-state index >= 15 is 0 Å². The zero-order valence-corrected chi connectivity index (χ0v) is 10.9. The summed E-state index contributed by atoms with van der Waals surface area (Å²) in [5, 5.41) is 3.71. The van der Waals surface area contributed by atoms with E-state index in [-0.39, 0.29) is 0 Å². The van der Waals surface area contributed by atoms with Crippen molar-refractivity contribution in [2.45, 2.75) is 71.8 Å². The molecule has 0 spiro atoms. The molecular weight excluding hydrogens is 182 g/mol. The van der Waals surface area contributed by atoms with Gasteiger partial charge in [-0.3, -0.25) is 0 Å². The van der Waals surface area contributed by atoms with E-state index in [2.05, 4.69) is 26.1 Å². The van der Waals surface area contributed by atoms with Gasteiger partial charge in [-0.15, -0.1) is 0 Å². The van der Waals surface area contributed by atoms with Crippen molar-refractivity contribution in [2.75, 3.05) is 6.54 Å². The molecule has 1 nitrogen and oxygen atoms in total. The van der Waals surface area contributed by atoms with Gasteiger partial charge >= 0.3 is 0 Å². The number of rotatable bonds is 7. The summed E-state index contributed by atoms with van der Waals surface area (Å²) in [5.74, 6) is 1.92. The fourth-order valence-corrected chi connectivity index (χ4v) is 3.17. The van der Waals surface area contributed by atoms with Crippen molar-refractivity contribution < 1.29 is 0 Å². The van der Waals surface area contributed by atoms with Crippen molar-refractivity contribution in [3.8, 4) is 0 Å². The second-order valence-electron chi connectivity index (χ2n) is 5.13. The molecule has 1 unspecified atom stereocenters. The molecule has 0 aromatic rings. The summed E-state index contributed by atoms with van der Waals surface area (Å²) in [6, 6.07) is 0.785. The Bertz CT molecular complexity index is 145. The van der Waals surface area contributed by atoms with Gasteiger partial charge in [-0.05, 0) is 24.8 Å². The molecular formula is C14H29N. The van der Waals surface area contributed by atoms with Gasteiger partial charge in [0.1, 0.15) is 0 Å². The lowest BCUT2D eigenvalue weighted by molar-refractivity contribution is 0.282. The molecule has 0 saturated heterocycles. The van der Waals surface area contributed by atoms with Gasteiger partial charge in [-0.25, -0.2) is 0 Å². The van der Waals surface area contributed by atoms with Crippen LogP contribution in [0.1, 0.15) is 65.7 Å². The van der Waals surface area contributed by atoms with Gasteiger partial charge in [-0.1, -0.05) is 59.3 Å².